The zero-order chi connectivity index (χ0) is 19.3. The Bertz CT molecular complexity index is 904. The molecule has 2 aliphatic rings. The average Bonchev–Trinajstić information content (AvgIpc) is 3.28. The summed E-state index contributed by atoms with van der Waals surface area (Å²) in [6.45, 7) is 0.409. The summed E-state index contributed by atoms with van der Waals surface area (Å²) in [7, 11) is 1.57. The van der Waals surface area contributed by atoms with Crippen LogP contribution < -0.4 is 10.2 Å². The molecule has 0 bridgehead atoms. The average molecular weight is 383 g/mol. The van der Waals surface area contributed by atoms with Crippen LogP contribution in [0.4, 0.5) is 19.0 Å². The van der Waals surface area contributed by atoms with Crippen LogP contribution in [-0.4, -0.2) is 55.6 Å². The van der Waals surface area contributed by atoms with Crippen molar-refractivity contribution >= 4 is 17.6 Å². The second-order valence-electron chi connectivity index (χ2n) is 6.52. The van der Waals surface area contributed by atoms with Crippen LogP contribution >= 0.6 is 0 Å². The van der Waals surface area contributed by atoms with E-state index in [1.807, 2.05) is 0 Å². The smallest absolute Gasteiger partial charge is 0.337 e. The third-order valence-corrected chi connectivity index (χ3v) is 4.82. The Morgan fingerprint density at radius 3 is 2.85 bits per heavy atom. The quantitative estimate of drug-likeness (QED) is 0.823. The van der Waals surface area contributed by atoms with Gasteiger partial charge in [-0.2, -0.15) is 18.3 Å². The molecule has 2 atom stereocenters. The molecule has 2 aromatic rings. The van der Waals surface area contributed by atoms with Gasteiger partial charge >= 0.3 is 6.18 Å². The third kappa shape index (κ3) is 2.94. The zero-order valence-corrected chi connectivity index (χ0v) is 14.3. The number of aryl methyl sites for hydroxylation is 2. The standard InChI is InChI=1S/C15H16F3N7O2/c1-23-11-4-6-19-24(11)7-5-8(14(23)27)20-13(26)12-21-10-3-2-9(15(16,17)18)25(10)22-12/h4,6,8-9H,2-3,5,7H2,1H3,(H,20,26)/t8-,9?/m0/s1. The Morgan fingerprint density at radius 1 is 1.33 bits per heavy atom. The summed E-state index contributed by atoms with van der Waals surface area (Å²) < 4.78 is 41.4. The summed E-state index contributed by atoms with van der Waals surface area (Å²) >= 11 is 0. The topological polar surface area (TPSA) is 97.9 Å². The SMILES string of the molecule is CN1C(=O)[C@@H](NC(=O)c2nc3n(n2)C(C(F)(F)F)CC3)CCn2nccc21. The lowest BCUT2D eigenvalue weighted by Crippen LogP contribution is -2.47. The number of halogens is 3. The number of hydrogen-bond donors (Lipinski definition) is 1. The number of rotatable bonds is 2. The molecule has 0 radical (unpaired) electrons. The lowest BCUT2D eigenvalue weighted by molar-refractivity contribution is -0.168. The van der Waals surface area contributed by atoms with E-state index >= 15 is 0 Å². The van der Waals surface area contributed by atoms with Crippen molar-refractivity contribution in [1.82, 2.24) is 29.9 Å². The van der Waals surface area contributed by atoms with Gasteiger partial charge in [-0.05, 0) is 12.8 Å². The van der Waals surface area contributed by atoms with Crippen LogP contribution in [0.2, 0.25) is 0 Å². The van der Waals surface area contributed by atoms with Crippen LogP contribution in [0.15, 0.2) is 12.3 Å². The van der Waals surface area contributed by atoms with Crippen LogP contribution in [0, 0.1) is 0 Å². The van der Waals surface area contributed by atoms with Crippen molar-refractivity contribution in [1.29, 1.82) is 0 Å². The van der Waals surface area contributed by atoms with Crippen molar-refractivity contribution < 1.29 is 22.8 Å². The number of aromatic nitrogens is 5. The van der Waals surface area contributed by atoms with Crippen molar-refractivity contribution in [3.8, 4) is 0 Å². The Balaban J connectivity index is 1.51. The predicted octanol–water partition coefficient (Wildman–Crippen LogP) is 0.689. The number of carbonyl (C=O) groups excluding carboxylic acids is 2. The fourth-order valence-electron chi connectivity index (χ4n) is 3.42. The molecule has 0 spiro atoms. The van der Waals surface area contributed by atoms with Gasteiger partial charge in [0.2, 0.25) is 5.82 Å². The normalized spacial score (nSPS) is 22.4. The first-order valence-electron chi connectivity index (χ1n) is 8.38. The molecule has 1 N–H and O–H groups in total. The largest absolute Gasteiger partial charge is 0.410 e. The van der Waals surface area contributed by atoms with Crippen molar-refractivity contribution in [2.75, 3.05) is 11.9 Å². The van der Waals surface area contributed by atoms with E-state index < -0.39 is 24.2 Å². The van der Waals surface area contributed by atoms with Gasteiger partial charge in [0.1, 0.15) is 23.7 Å². The van der Waals surface area contributed by atoms with Crippen LogP contribution in [0.3, 0.4) is 0 Å². The van der Waals surface area contributed by atoms with Crippen LogP contribution in [0.5, 0.6) is 0 Å². The molecule has 27 heavy (non-hydrogen) atoms. The number of nitrogens with zero attached hydrogens (tertiary/aromatic N) is 6. The number of hydrogen-bond acceptors (Lipinski definition) is 5. The van der Waals surface area contributed by atoms with Crippen molar-refractivity contribution in [3.05, 3.63) is 23.9 Å². The van der Waals surface area contributed by atoms with Gasteiger partial charge in [0.15, 0.2) is 0 Å². The second kappa shape index (κ2) is 6.06. The molecule has 0 saturated heterocycles. The lowest BCUT2D eigenvalue weighted by atomic mass is 10.2. The maximum atomic E-state index is 13.0. The summed E-state index contributed by atoms with van der Waals surface area (Å²) in [5, 5.41) is 10.4. The number of amides is 2. The maximum absolute atomic E-state index is 13.0. The maximum Gasteiger partial charge on any atom is 0.410 e. The summed E-state index contributed by atoms with van der Waals surface area (Å²) in [4.78, 5) is 30.3. The van der Waals surface area contributed by atoms with E-state index in [1.54, 1.807) is 24.0 Å². The van der Waals surface area contributed by atoms with E-state index in [0.717, 1.165) is 4.68 Å². The molecule has 4 rings (SSSR count). The molecule has 12 heteroatoms. The molecular formula is C15H16F3N7O2. The van der Waals surface area contributed by atoms with E-state index in [4.69, 9.17) is 0 Å². The first kappa shape index (κ1) is 17.5. The highest BCUT2D eigenvalue weighted by Crippen LogP contribution is 2.38. The van der Waals surface area contributed by atoms with Gasteiger partial charge in [-0.1, -0.05) is 0 Å². The fourth-order valence-corrected chi connectivity index (χ4v) is 3.42. The Morgan fingerprint density at radius 2 is 2.11 bits per heavy atom. The minimum atomic E-state index is -4.45. The molecule has 2 amide bonds. The van der Waals surface area contributed by atoms with Gasteiger partial charge in [-0.15, -0.1) is 5.10 Å². The number of nitrogens with one attached hydrogen (secondary N) is 1. The number of carbonyl (C=O) groups is 2. The lowest BCUT2D eigenvalue weighted by Gasteiger charge is -2.20. The summed E-state index contributed by atoms with van der Waals surface area (Å²) in [6.07, 6.45) is -2.63. The molecule has 4 heterocycles. The predicted molar refractivity (Wildman–Crippen MR) is 84.9 cm³/mol. The van der Waals surface area contributed by atoms with Crippen LogP contribution in [0.1, 0.15) is 35.3 Å². The highest BCUT2D eigenvalue weighted by molar-refractivity contribution is 6.00. The highest BCUT2D eigenvalue weighted by Gasteiger charge is 2.46. The molecule has 0 saturated carbocycles. The van der Waals surface area contributed by atoms with Gasteiger partial charge in [0.25, 0.3) is 11.8 Å². The molecule has 0 aliphatic carbocycles. The highest BCUT2D eigenvalue weighted by atomic mass is 19.4. The Labute approximate surface area is 151 Å². The van der Waals surface area contributed by atoms with E-state index in [1.165, 1.54) is 4.90 Å². The van der Waals surface area contributed by atoms with Gasteiger partial charge in [-0.25, -0.2) is 14.3 Å². The zero-order valence-electron chi connectivity index (χ0n) is 14.3. The van der Waals surface area contributed by atoms with E-state index in [9.17, 15) is 22.8 Å². The molecule has 2 aliphatic heterocycles. The monoisotopic (exact) mass is 383 g/mol. The molecule has 9 nitrogen and oxygen atoms in total. The molecule has 2 aromatic heterocycles. The van der Waals surface area contributed by atoms with Gasteiger partial charge < -0.3 is 5.32 Å². The minimum absolute atomic E-state index is 0.0939. The van der Waals surface area contributed by atoms with E-state index in [-0.39, 0.29) is 30.4 Å². The first-order chi connectivity index (χ1) is 12.8. The van der Waals surface area contributed by atoms with Gasteiger partial charge in [-0.3, -0.25) is 14.5 Å². The van der Waals surface area contributed by atoms with Crippen molar-refractivity contribution in [3.63, 3.8) is 0 Å². The number of fused-ring (bicyclic) bond motifs is 2. The van der Waals surface area contributed by atoms with Crippen LogP contribution in [-0.2, 0) is 17.8 Å². The molecular weight excluding hydrogens is 367 g/mol. The third-order valence-electron chi connectivity index (χ3n) is 4.82. The molecule has 0 aromatic carbocycles. The minimum Gasteiger partial charge on any atom is -0.337 e. The summed E-state index contributed by atoms with van der Waals surface area (Å²) in [6, 6.07) is -0.939. The van der Waals surface area contributed by atoms with Crippen molar-refractivity contribution in [2.24, 2.45) is 0 Å². The summed E-state index contributed by atoms with van der Waals surface area (Å²) in [5.74, 6) is -0.765. The first-order valence-corrected chi connectivity index (χ1v) is 8.38. The van der Waals surface area contributed by atoms with Crippen molar-refractivity contribution in [2.45, 2.75) is 44.1 Å². The second-order valence-corrected chi connectivity index (χ2v) is 6.52. The molecule has 0 fully saturated rings. The van der Waals surface area contributed by atoms with Crippen LogP contribution in [0.25, 0.3) is 0 Å². The van der Waals surface area contributed by atoms with Gasteiger partial charge in [0, 0.05) is 26.1 Å². The van der Waals surface area contributed by atoms with Gasteiger partial charge in [0.05, 0.1) is 6.20 Å². The van der Waals surface area contributed by atoms with E-state index in [0.29, 0.717) is 18.8 Å². The molecule has 144 valence electrons. The Kier molecular flexibility index (Phi) is 3.93. The number of likely N-dealkylation sites (N-methyl/N-ethyl adjacent to an activating group) is 1. The summed E-state index contributed by atoms with van der Waals surface area (Å²) in [5.41, 5.74) is 0. The molecule has 1 unspecified atom stereocenters. The van der Waals surface area contributed by atoms with E-state index in [2.05, 4.69) is 20.5 Å². The number of anilines is 1. The Hall–Kier alpha value is -2.92. The fraction of sp³-hybridized carbons (Fsp3) is 0.533. The number of alkyl halides is 3.